The van der Waals surface area contributed by atoms with Crippen molar-refractivity contribution in [3.63, 3.8) is 0 Å². The minimum atomic E-state index is -1.36. The predicted molar refractivity (Wildman–Crippen MR) is 54.4 cm³/mol. The van der Waals surface area contributed by atoms with Crippen molar-refractivity contribution >= 4 is 12.4 Å². The Morgan fingerprint density at radius 3 is 3.21 bits per heavy atom. The van der Waals surface area contributed by atoms with Crippen LogP contribution in [0.2, 0.25) is 2.82 Å². The fourth-order valence-corrected chi connectivity index (χ4v) is 1.28. The van der Waals surface area contributed by atoms with Crippen LogP contribution in [-0.2, 0) is 9.47 Å². The van der Waals surface area contributed by atoms with Crippen LogP contribution >= 0.6 is 12.4 Å². The summed E-state index contributed by atoms with van der Waals surface area (Å²) in [6, 6.07) is -0.899. The minimum absolute atomic E-state index is 0. The fraction of sp³-hybridized carbons (Fsp3) is 0.200. The number of nitrogens with two attached hydrogens (primary N) is 1. The van der Waals surface area contributed by atoms with Gasteiger partial charge in [-0.3, -0.25) is 0 Å². The van der Waals surface area contributed by atoms with Crippen molar-refractivity contribution < 1.29 is 19.2 Å². The third-order valence-corrected chi connectivity index (χ3v) is 1.84. The first kappa shape index (κ1) is 4.03. The summed E-state index contributed by atoms with van der Waals surface area (Å²) in [6.45, 7) is -1.36. The van der Waals surface area contributed by atoms with Gasteiger partial charge in [0.05, 0.1) is 4.11 Å². The highest BCUT2D eigenvalue weighted by molar-refractivity contribution is 5.85. The van der Waals surface area contributed by atoms with Crippen LogP contribution < -0.4 is 5.72 Å². The van der Waals surface area contributed by atoms with Gasteiger partial charge in [0.25, 0.3) is 0 Å². The second-order valence-electron chi connectivity index (χ2n) is 2.68. The van der Waals surface area contributed by atoms with E-state index in [1.54, 1.807) is 0 Å². The van der Waals surface area contributed by atoms with Crippen LogP contribution in [0, 0.1) is 0 Å². The molecule has 0 fully saturated rings. The summed E-state index contributed by atoms with van der Waals surface area (Å²) in [5.74, 6) is -0.113. The van der Waals surface area contributed by atoms with E-state index in [9.17, 15) is 0 Å². The smallest absolute Gasteiger partial charge is 0.230 e. The normalized spacial score (nSPS) is 41.6. The zero-order valence-electron chi connectivity index (χ0n) is 13.8. The van der Waals surface area contributed by atoms with Crippen molar-refractivity contribution in [2.24, 2.45) is 5.72 Å². The Morgan fingerprint density at radius 1 is 1.43 bits per heavy atom. The highest BCUT2D eigenvalue weighted by Gasteiger charge is 2.25. The van der Waals surface area contributed by atoms with E-state index in [0.717, 1.165) is 0 Å². The highest BCUT2D eigenvalue weighted by atomic mass is 35.5. The summed E-state index contributed by atoms with van der Waals surface area (Å²) < 4.78 is 63.7. The lowest BCUT2D eigenvalue weighted by atomic mass is 9.99. The van der Waals surface area contributed by atoms with Crippen LogP contribution in [0.4, 0.5) is 0 Å². The molecule has 3 nitrogen and oxygen atoms in total. The third kappa shape index (κ3) is 1.21. The van der Waals surface area contributed by atoms with Crippen molar-refractivity contribution in [2.75, 3.05) is 6.77 Å². The monoisotopic (exact) mass is 218 g/mol. The van der Waals surface area contributed by atoms with Gasteiger partial charge in [-0.1, -0.05) is 0 Å². The molecule has 4 heteroatoms. The lowest BCUT2D eigenvalue weighted by Gasteiger charge is -2.10. The number of rotatable bonds is 1. The number of ether oxygens (including phenoxy) is 2. The topological polar surface area (TPSA) is 44.5 Å². The first-order valence-electron chi connectivity index (χ1n) is 7.23. The number of hydrogen-bond acceptors (Lipinski definition) is 3. The Balaban J connectivity index is 0.00000161. The Morgan fingerprint density at radius 2 is 2.36 bits per heavy atom. The van der Waals surface area contributed by atoms with Gasteiger partial charge < -0.3 is 15.2 Å². The van der Waals surface area contributed by atoms with E-state index in [-0.39, 0.29) is 64.6 Å². The SMILES string of the molecule is Cl.[2H]C1=C2C([2H])=C(N([2H])[2H])C([2H])=C2C([2H])C2=C1OC([2H])O2. The van der Waals surface area contributed by atoms with Gasteiger partial charge in [-0.05, 0) is 29.3 Å². The summed E-state index contributed by atoms with van der Waals surface area (Å²) in [5.41, 5.74) is -0.133. The maximum absolute atomic E-state index is 8.07. The molecule has 0 radical (unpaired) electrons. The molecule has 0 aromatic carbocycles. The van der Waals surface area contributed by atoms with Gasteiger partial charge in [0.1, 0.15) is 7.13 Å². The van der Waals surface area contributed by atoms with Crippen LogP contribution in [0.25, 0.3) is 0 Å². The van der Waals surface area contributed by atoms with Crippen LogP contribution in [-0.4, -0.2) is 6.77 Å². The van der Waals surface area contributed by atoms with E-state index in [4.69, 9.17) is 19.2 Å². The highest BCUT2D eigenvalue weighted by Crippen LogP contribution is 2.36. The predicted octanol–water partition coefficient (Wildman–Crippen LogP) is 1.74. The molecule has 2 unspecified atom stereocenters. The van der Waals surface area contributed by atoms with Crippen LogP contribution in [0.1, 0.15) is 13.3 Å². The van der Waals surface area contributed by atoms with Crippen molar-refractivity contribution in [3.05, 3.63) is 46.5 Å². The molecule has 74 valence electrons. The molecule has 3 aliphatic rings. The minimum Gasteiger partial charge on any atom is -0.458 e. The van der Waals surface area contributed by atoms with E-state index >= 15 is 0 Å². The molecule has 0 aromatic heterocycles. The Bertz CT molecular complexity index is 639. The molecule has 2 atom stereocenters. The van der Waals surface area contributed by atoms with Crippen LogP contribution in [0.5, 0.6) is 0 Å². The molecule has 0 bridgehead atoms. The number of hydrogen-bond donors (Lipinski definition) is 1. The van der Waals surface area contributed by atoms with E-state index in [0.29, 0.717) is 0 Å². The van der Waals surface area contributed by atoms with E-state index in [1.165, 1.54) is 0 Å². The fourth-order valence-electron chi connectivity index (χ4n) is 1.28. The molecule has 2 aliphatic carbocycles. The molecule has 14 heavy (non-hydrogen) atoms. The second-order valence-corrected chi connectivity index (χ2v) is 2.68. The molecular formula is C10H10ClNO2. The standard InChI is InChI=1S/C10H9NO2.ClH/c11-8-1-6-3-9-10(13-5-12-9)4-7(6)2-8;/h1-3H,4-5,11H2;1H/i1D,2D,3D,4D,5D;/hD2. The number of halogens is 1. The third-order valence-electron chi connectivity index (χ3n) is 1.84. The lowest BCUT2D eigenvalue weighted by Crippen LogP contribution is -1.96. The molecule has 1 aliphatic heterocycles. The first-order chi connectivity index (χ1) is 9.34. The zero-order chi connectivity index (χ0) is 14.8. The van der Waals surface area contributed by atoms with Crippen LogP contribution in [0.3, 0.4) is 0 Å². The maximum atomic E-state index is 8.07. The van der Waals surface area contributed by atoms with Crippen molar-refractivity contribution in [2.45, 2.75) is 6.40 Å². The van der Waals surface area contributed by atoms with Crippen molar-refractivity contribution in [1.82, 2.24) is 0 Å². The molecular weight excluding hydrogens is 202 g/mol. The molecule has 2 N–H and O–H groups in total. The average molecular weight is 219 g/mol. The Labute approximate surface area is 97.9 Å². The number of fused-ring (bicyclic) bond motifs is 1. The van der Waals surface area contributed by atoms with E-state index in [1.807, 2.05) is 0 Å². The van der Waals surface area contributed by atoms with Gasteiger partial charge in [-0.2, -0.15) is 0 Å². The molecule has 3 rings (SSSR count). The maximum Gasteiger partial charge on any atom is 0.230 e. The van der Waals surface area contributed by atoms with E-state index in [2.05, 4.69) is 0 Å². The summed E-state index contributed by atoms with van der Waals surface area (Å²) in [7, 11) is 0. The molecule has 0 saturated heterocycles. The Kier molecular flexibility index (Phi) is 0.891. The van der Waals surface area contributed by atoms with Gasteiger partial charge in [0, 0.05) is 13.5 Å². The molecule has 0 aromatic rings. The quantitative estimate of drug-likeness (QED) is 0.729. The van der Waals surface area contributed by atoms with Crippen LogP contribution in [0.15, 0.2) is 46.5 Å². The van der Waals surface area contributed by atoms with Gasteiger partial charge in [-0.15, -0.1) is 12.4 Å². The molecule has 0 amide bonds. The van der Waals surface area contributed by atoms with Gasteiger partial charge in [-0.25, -0.2) is 0 Å². The lowest BCUT2D eigenvalue weighted by molar-refractivity contribution is 0.0736. The van der Waals surface area contributed by atoms with Gasteiger partial charge in [0.15, 0.2) is 8.58 Å². The van der Waals surface area contributed by atoms with Crippen molar-refractivity contribution in [1.29, 1.82) is 0 Å². The summed E-state index contributed by atoms with van der Waals surface area (Å²) in [6.07, 6.45) is -1.20. The number of allylic oxidation sites excluding steroid dienone is 5. The van der Waals surface area contributed by atoms with Gasteiger partial charge in [0.2, 0.25) is 6.77 Å². The molecule has 1 heterocycles. The zero-order valence-corrected chi connectivity index (χ0v) is 7.64. The van der Waals surface area contributed by atoms with Gasteiger partial charge >= 0.3 is 0 Å². The molecule has 0 spiro atoms. The Hall–Kier alpha value is -1.35. The van der Waals surface area contributed by atoms with E-state index < -0.39 is 13.2 Å². The summed E-state index contributed by atoms with van der Waals surface area (Å²) >= 11 is 0. The second kappa shape index (κ2) is 3.10. The first-order valence-corrected chi connectivity index (χ1v) is 3.68. The average Bonchev–Trinajstić information content (AvgIpc) is 2.85. The summed E-state index contributed by atoms with van der Waals surface area (Å²) in [5, 5.41) is 0. The van der Waals surface area contributed by atoms with Crippen molar-refractivity contribution in [3.8, 4) is 0 Å². The molecule has 0 saturated carbocycles. The summed E-state index contributed by atoms with van der Waals surface area (Å²) in [4.78, 5) is 0. The largest absolute Gasteiger partial charge is 0.458 e.